The lowest BCUT2D eigenvalue weighted by Gasteiger charge is -2.53. The van der Waals surface area contributed by atoms with Gasteiger partial charge in [-0.15, -0.1) is 0 Å². The van der Waals surface area contributed by atoms with Gasteiger partial charge in [0, 0.05) is 50.0 Å². The molecule has 242 valence electrons. The molecule has 3 saturated carbocycles. The summed E-state index contributed by atoms with van der Waals surface area (Å²) >= 11 is 0. The second-order valence-corrected chi connectivity index (χ2v) is 13.0. The molecule has 8 rings (SSSR count). The maximum Gasteiger partial charge on any atom is 0.254 e. The number of benzene rings is 3. The predicted octanol–water partition coefficient (Wildman–Crippen LogP) is 5.93. The van der Waals surface area contributed by atoms with Crippen LogP contribution in [0.15, 0.2) is 54.7 Å². The van der Waals surface area contributed by atoms with Gasteiger partial charge in [0.25, 0.3) is 5.91 Å². The summed E-state index contributed by atoms with van der Waals surface area (Å²) in [5.74, 6) is -5.17. The number of nitrogens with zero attached hydrogens (tertiary/aromatic N) is 3. The van der Waals surface area contributed by atoms with E-state index >= 15 is 4.39 Å². The summed E-state index contributed by atoms with van der Waals surface area (Å²) in [6.45, 7) is 4.06. The van der Waals surface area contributed by atoms with Gasteiger partial charge in [0.15, 0.2) is 17.4 Å². The van der Waals surface area contributed by atoms with Gasteiger partial charge in [-0.25, -0.2) is 8.78 Å². The van der Waals surface area contributed by atoms with Crippen molar-refractivity contribution in [2.24, 2.45) is 5.41 Å². The van der Waals surface area contributed by atoms with Crippen molar-refractivity contribution in [1.29, 1.82) is 0 Å². The quantitative estimate of drug-likeness (QED) is 0.223. The van der Waals surface area contributed by atoms with Crippen LogP contribution in [0.25, 0.3) is 10.9 Å². The van der Waals surface area contributed by atoms with Crippen LogP contribution in [-0.2, 0) is 12.1 Å². The fourth-order valence-corrected chi connectivity index (χ4v) is 7.34. The topological polar surface area (TPSA) is 80.7 Å². The van der Waals surface area contributed by atoms with Gasteiger partial charge >= 0.3 is 0 Å². The number of aromatic nitrogens is 2. The average Bonchev–Trinajstić information content (AvgIpc) is 3.55. The van der Waals surface area contributed by atoms with Crippen LogP contribution < -0.4 is 25.0 Å². The number of nitrogens with one attached hydrogen (secondary N) is 2. The number of carbonyl (C=O) groups excluding carboxylic acids is 1. The molecule has 3 aliphatic carbocycles. The number of piperazine rings is 1. The van der Waals surface area contributed by atoms with Crippen molar-refractivity contribution in [3.63, 3.8) is 0 Å². The molecule has 0 unspecified atom stereocenters. The summed E-state index contributed by atoms with van der Waals surface area (Å²) in [4.78, 5) is 15.4. The molecule has 0 radical (unpaired) electrons. The Hall–Kier alpha value is -4.25. The normalized spacial score (nSPS) is 22.7. The molecule has 4 aliphatic rings. The van der Waals surface area contributed by atoms with Gasteiger partial charge in [-0.1, -0.05) is 12.1 Å². The van der Waals surface area contributed by atoms with Crippen LogP contribution in [0.2, 0.25) is 0 Å². The van der Waals surface area contributed by atoms with E-state index in [0.717, 1.165) is 75.6 Å². The van der Waals surface area contributed by atoms with Crippen molar-refractivity contribution in [1.82, 2.24) is 20.4 Å². The molecule has 2 bridgehead atoms. The molecule has 1 amide bonds. The van der Waals surface area contributed by atoms with Crippen LogP contribution >= 0.6 is 0 Å². The molecule has 2 heterocycles. The maximum absolute atomic E-state index is 15.0. The van der Waals surface area contributed by atoms with E-state index in [1.807, 2.05) is 0 Å². The van der Waals surface area contributed by atoms with Crippen molar-refractivity contribution in [3.8, 4) is 11.5 Å². The van der Waals surface area contributed by atoms with Crippen LogP contribution in [-0.4, -0.2) is 55.5 Å². The van der Waals surface area contributed by atoms with Crippen LogP contribution in [0.1, 0.15) is 54.4 Å². The van der Waals surface area contributed by atoms with Gasteiger partial charge in [-0.2, -0.15) is 9.49 Å². The molecule has 3 aromatic carbocycles. The predicted molar refractivity (Wildman–Crippen MR) is 169 cm³/mol. The molecule has 46 heavy (non-hydrogen) atoms. The van der Waals surface area contributed by atoms with Crippen LogP contribution in [0, 0.1) is 22.9 Å². The summed E-state index contributed by atoms with van der Waals surface area (Å²) in [5, 5.41) is 12.3. The highest BCUT2D eigenvalue weighted by molar-refractivity contribution is 5.94. The number of methoxy groups -OCH3 is 1. The van der Waals surface area contributed by atoms with E-state index in [2.05, 4.69) is 44.6 Å². The maximum atomic E-state index is 15.0. The van der Waals surface area contributed by atoms with Gasteiger partial charge in [0.05, 0.1) is 23.7 Å². The van der Waals surface area contributed by atoms with Crippen molar-refractivity contribution in [2.75, 3.05) is 44.7 Å². The first-order valence-corrected chi connectivity index (χ1v) is 16.0. The molecule has 2 N–H and O–H groups in total. The van der Waals surface area contributed by atoms with Gasteiger partial charge in [0.2, 0.25) is 5.82 Å². The van der Waals surface area contributed by atoms with Crippen LogP contribution in [0.4, 0.5) is 18.9 Å². The molecular weight excluding hydrogens is 595 g/mol. The number of fused-ring (bicyclic) bond motifs is 4. The van der Waals surface area contributed by atoms with E-state index in [0.29, 0.717) is 23.9 Å². The van der Waals surface area contributed by atoms with Crippen molar-refractivity contribution >= 4 is 22.5 Å². The third-order valence-electron chi connectivity index (χ3n) is 10.3. The minimum absolute atomic E-state index is 0.0694. The number of hydrogen-bond donors (Lipinski definition) is 2. The number of amides is 1. The molecule has 1 aliphatic heterocycles. The summed E-state index contributed by atoms with van der Waals surface area (Å²) in [5.41, 5.74) is 1.93. The Bertz CT molecular complexity index is 1730. The third kappa shape index (κ3) is 5.65. The fourth-order valence-electron chi connectivity index (χ4n) is 7.34. The molecular formula is C35H38F3N5O3. The molecule has 0 spiro atoms. The Labute approximate surface area is 265 Å². The zero-order valence-corrected chi connectivity index (χ0v) is 25.9. The molecule has 4 fully saturated rings. The summed E-state index contributed by atoms with van der Waals surface area (Å²) < 4.78 is 57.3. The highest BCUT2D eigenvalue weighted by Gasteiger charge is 2.50. The van der Waals surface area contributed by atoms with E-state index in [1.54, 1.807) is 24.3 Å². The smallest absolute Gasteiger partial charge is 0.254 e. The lowest BCUT2D eigenvalue weighted by molar-refractivity contribution is -0.00564. The van der Waals surface area contributed by atoms with E-state index < -0.39 is 34.7 Å². The van der Waals surface area contributed by atoms with E-state index in [-0.39, 0.29) is 17.6 Å². The number of carbonyl (C=O) groups is 1. The number of halogens is 3. The zero-order valence-electron chi connectivity index (χ0n) is 25.9. The summed E-state index contributed by atoms with van der Waals surface area (Å²) in [6.07, 6.45) is 7.53. The highest BCUT2D eigenvalue weighted by atomic mass is 19.2. The lowest BCUT2D eigenvalue weighted by Crippen LogP contribution is -2.51. The van der Waals surface area contributed by atoms with E-state index in [9.17, 15) is 13.6 Å². The first-order valence-electron chi connectivity index (χ1n) is 16.0. The Morgan fingerprint density at radius 3 is 2.37 bits per heavy atom. The Kier molecular flexibility index (Phi) is 8.04. The standard InChI is InChI=1S/C35H38F3N5O3/c1-45-26-6-2-23(3-7-26)21-46-32-28(36)19-27(30(37)31(32)38)33(44)40-22-34-8-11-35(12-9-34,13-10-34)43-20-24-4-5-25(18-29(24)41-43)42-16-14-39-15-17-42/h2-7,18-20,39H,8-17,21-22H2,1H3,(H,40,44). The van der Waals surface area contributed by atoms with Crippen molar-refractivity contribution in [3.05, 3.63) is 83.3 Å². The highest BCUT2D eigenvalue weighted by Crippen LogP contribution is 2.55. The molecule has 1 saturated heterocycles. The molecule has 4 aromatic rings. The molecule has 0 atom stereocenters. The van der Waals surface area contributed by atoms with E-state index in [1.165, 1.54) is 12.8 Å². The fraction of sp³-hybridized carbons (Fsp3) is 0.429. The number of rotatable bonds is 9. The molecule has 1 aromatic heterocycles. The average molecular weight is 634 g/mol. The monoisotopic (exact) mass is 633 g/mol. The second kappa shape index (κ2) is 12.2. The minimum atomic E-state index is -1.52. The second-order valence-electron chi connectivity index (χ2n) is 13.0. The number of hydrogen-bond acceptors (Lipinski definition) is 6. The Morgan fingerprint density at radius 1 is 0.957 bits per heavy atom. The SMILES string of the molecule is COc1ccc(COc2c(F)cc(C(=O)NCC34CCC(n5cc6ccc(N7CCNCC7)cc6n5)(CC3)CC4)c(F)c2F)cc1. The Morgan fingerprint density at radius 2 is 1.67 bits per heavy atom. The largest absolute Gasteiger partial charge is 0.497 e. The first kappa shape index (κ1) is 30.4. The number of anilines is 1. The zero-order chi connectivity index (χ0) is 31.9. The van der Waals surface area contributed by atoms with Gasteiger partial charge in [-0.3, -0.25) is 9.48 Å². The Balaban J connectivity index is 0.981. The number of ether oxygens (including phenoxy) is 2. The summed E-state index contributed by atoms with van der Waals surface area (Å²) in [6, 6.07) is 13.9. The molecule has 8 nitrogen and oxygen atoms in total. The first-order chi connectivity index (χ1) is 22.3. The summed E-state index contributed by atoms with van der Waals surface area (Å²) in [7, 11) is 1.53. The van der Waals surface area contributed by atoms with E-state index in [4.69, 9.17) is 14.6 Å². The van der Waals surface area contributed by atoms with Crippen molar-refractivity contribution in [2.45, 2.75) is 50.7 Å². The molecule has 11 heteroatoms. The minimum Gasteiger partial charge on any atom is -0.497 e. The van der Waals surface area contributed by atoms with Gasteiger partial charge in [-0.05, 0) is 85.9 Å². The van der Waals surface area contributed by atoms with Gasteiger partial charge in [0.1, 0.15) is 12.4 Å². The van der Waals surface area contributed by atoms with Crippen LogP contribution in [0.5, 0.6) is 11.5 Å². The van der Waals surface area contributed by atoms with Crippen molar-refractivity contribution < 1.29 is 27.4 Å². The van der Waals surface area contributed by atoms with Crippen LogP contribution in [0.3, 0.4) is 0 Å². The van der Waals surface area contributed by atoms with Gasteiger partial charge < -0.3 is 25.0 Å². The lowest BCUT2D eigenvalue weighted by atomic mass is 9.57. The third-order valence-corrected chi connectivity index (χ3v) is 10.3.